The molecule has 1 aliphatic rings. The van der Waals surface area contributed by atoms with E-state index in [1.165, 1.54) is 25.2 Å². The number of likely N-dealkylation sites (tertiary alicyclic amines) is 1. The minimum absolute atomic E-state index is 0.0541. The molecular formula is C11H9ClFNO2. The second kappa shape index (κ2) is 3.87. The molecule has 1 aliphatic heterocycles. The third-order valence-electron chi connectivity index (χ3n) is 2.71. The highest BCUT2D eigenvalue weighted by atomic mass is 35.5. The van der Waals surface area contributed by atoms with Gasteiger partial charge in [-0.05, 0) is 23.8 Å². The molecule has 3 nitrogen and oxygen atoms in total. The molecule has 2 rings (SSSR count). The van der Waals surface area contributed by atoms with Gasteiger partial charge in [-0.25, -0.2) is 4.39 Å². The Morgan fingerprint density at radius 3 is 2.69 bits per heavy atom. The summed E-state index contributed by atoms with van der Waals surface area (Å²) in [5.41, 5.74) is 0.379. The van der Waals surface area contributed by atoms with Gasteiger partial charge >= 0.3 is 0 Å². The summed E-state index contributed by atoms with van der Waals surface area (Å²) in [5.74, 6) is -1.72. The van der Waals surface area contributed by atoms with E-state index in [4.69, 9.17) is 11.6 Å². The number of carbonyl (C=O) groups is 2. The van der Waals surface area contributed by atoms with Gasteiger partial charge in [0.1, 0.15) is 5.82 Å². The Bertz CT molecular complexity index is 475. The van der Waals surface area contributed by atoms with Crippen molar-refractivity contribution in [3.05, 3.63) is 34.6 Å². The first-order chi connectivity index (χ1) is 7.50. The molecule has 0 spiro atoms. The average molecular weight is 242 g/mol. The fourth-order valence-electron chi connectivity index (χ4n) is 1.78. The molecule has 1 fully saturated rings. The van der Waals surface area contributed by atoms with Gasteiger partial charge in [-0.2, -0.15) is 0 Å². The summed E-state index contributed by atoms with van der Waals surface area (Å²) in [4.78, 5) is 24.1. The van der Waals surface area contributed by atoms with Crippen LogP contribution in [0.25, 0.3) is 0 Å². The molecule has 1 heterocycles. The minimum atomic E-state index is -0.652. The number of imide groups is 1. The fourth-order valence-corrected chi connectivity index (χ4v) is 2.03. The van der Waals surface area contributed by atoms with Crippen LogP contribution >= 0.6 is 11.6 Å². The molecule has 84 valence electrons. The molecule has 0 radical (unpaired) electrons. The van der Waals surface area contributed by atoms with Crippen molar-refractivity contribution in [1.82, 2.24) is 4.90 Å². The third kappa shape index (κ3) is 1.69. The molecule has 0 bridgehead atoms. The van der Waals surface area contributed by atoms with E-state index in [2.05, 4.69) is 0 Å². The Kier molecular flexibility index (Phi) is 2.68. The van der Waals surface area contributed by atoms with E-state index >= 15 is 0 Å². The zero-order valence-corrected chi connectivity index (χ0v) is 9.29. The summed E-state index contributed by atoms with van der Waals surface area (Å²) in [6, 6.07) is 3.82. The molecule has 1 atom stereocenters. The van der Waals surface area contributed by atoms with E-state index in [1.54, 1.807) is 0 Å². The first kappa shape index (κ1) is 11.1. The highest BCUT2D eigenvalue weighted by molar-refractivity contribution is 6.31. The lowest BCUT2D eigenvalue weighted by molar-refractivity contribution is -0.137. The van der Waals surface area contributed by atoms with Crippen molar-refractivity contribution in [2.45, 2.75) is 12.3 Å². The molecule has 0 N–H and O–H groups in total. The van der Waals surface area contributed by atoms with E-state index in [9.17, 15) is 14.0 Å². The molecular weight excluding hydrogens is 233 g/mol. The number of likely N-dealkylation sites (N-methyl/N-ethyl adjacent to an activating group) is 1. The van der Waals surface area contributed by atoms with Gasteiger partial charge in [0.05, 0.1) is 5.92 Å². The number of nitrogens with zero attached hydrogens (tertiary/aromatic N) is 1. The van der Waals surface area contributed by atoms with Crippen LogP contribution < -0.4 is 0 Å². The lowest BCUT2D eigenvalue weighted by atomic mass is 9.97. The van der Waals surface area contributed by atoms with Crippen LogP contribution in [-0.2, 0) is 9.59 Å². The highest BCUT2D eigenvalue weighted by Crippen LogP contribution is 2.33. The van der Waals surface area contributed by atoms with E-state index in [1.807, 2.05) is 0 Å². The van der Waals surface area contributed by atoms with Crippen LogP contribution in [0.5, 0.6) is 0 Å². The smallest absolute Gasteiger partial charge is 0.237 e. The van der Waals surface area contributed by atoms with Crippen LogP contribution in [0.4, 0.5) is 4.39 Å². The third-order valence-corrected chi connectivity index (χ3v) is 3.06. The van der Waals surface area contributed by atoms with E-state index in [0.717, 1.165) is 4.90 Å². The normalized spacial score (nSPS) is 20.7. The van der Waals surface area contributed by atoms with Crippen LogP contribution in [0.15, 0.2) is 18.2 Å². The number of rotatable bonds is 1. The molecule has 1 unspecified atom stereocenters. The van der Waals surface area contributed by atoms with Gasteiger partial charge in [-0.3, -0.25) is 14.5 Å². The van der Waals surface area contributed by atoms with E-state index in [-0.39, 0.29) is 18.2 Å². The maximum absolute atomic E-state index is 13.1. The van der Waals surface area contributed by atoms with Gasteiger partial charge in [0, 0.05) is 18.5 Å². The average Bonchev–Trinajstić information content (AvgIpc) is 2.50. The van der Waals surface area contributed by atoms with Gasteiger partial charge in [-0.1, -0.05) is 11.6 Å². The van der Waals surface area contributed by atoms with Gasteiger partial charge in [0.15, 0.2) is 0 Å². The molecule has 0 aliphatic carbocycles. The molecule has 1 saturated heterocycles. The lowest BCUT2D eigenvalue weighted by Gasteiger charge is -2.10. The first-order valence-corrected chi connectivity index (χ1v) is 5.14. The van der Waals surface area contributed by atoms with Gasteiger partial charge in [0.25, 0.3) is 0 Å². The Morgan fingerprint density at radius 1 is 1.44 bits per heavy atom. The topological polar surface area (TPSA) is 37.4 Å². The molecule has 16 heavy (non-hydrogen) atoms. The summed E-state index contributed by atoms with van der Waals surface area (Å²) in [5, 5.41) is 0.308. The van der Waals surface area contributed by atoms with Gasteiger partial charge < -0.3 is 0 Å². The summed E-state index contributed by atoms with van der Waals surface area (Å²) in [6.45, 7) is 0. The van der Waals surface area contributed by atoms with Gasteiger partial charge in [-0.15, -0.1) is 0 Å². The Balaban J connectivity index is 2.42. The zero-order chi connectivity index (χ0) is 11.9. The van der Waals surface area contributed by atoms with E-state index < -0.39 is 11.7 Å². The quantitative estimate of drug-likeness (QED) is 0.705. The number of hydrogen-bond donors (Lipinski definition) is 0. The second-order valence-corrected chi connectivity index (χ2v) is 4.12. The van der Waals surface area contributed by atoms with Crippen LogP contribution in [0, 0.1) is 5.82 Å². The van der Waals surface area contributed by atoms with Crippen molar-refractivity contribution in [2.75, 3.05) is 7.05 Å². The minimum Gasteiger partial charge on any atom is -0.285 e. The fraction of sp³-hybridized carbons (Fsp3) is 0.273. The summed E-state index contributed by atoms with van der Waals surface area (Å²) in [6.07, 6.45) is 0.0541. The molecule has 2 amide bonds. The highest BCUT2D eigenvalue weighted by Gasteiger charge is 2.38. The van der Waals surface area contributed by atoms with Crippen LogP contribution in [0.2, 0.25) is 5.02 Å². The predicted octanol–water partition coefficient (Wildman–Crippen LogP) is 1.95. The summed E-state index contributed by atoms with van der Waals surface area (Å²) >= 11 is 5.89. The van der Waals surface area contributed by atoms with Gasteiger partial charge in [0.2, 0.25) is 11.8 Å². The number of benzene rings is 1. The molecule has 0 aromatic heterocycles. The number of hydrogen-bond acceptors (Lipinski definition) is 2. The van der Waals surface area contributed by atoms with Crippen molar-refractivity contribution >= 4 is 23.4 Å². The maximum Gasteiger partial charge on any atom is 0.237 e. The Morgan fingerprint density at radius 2 is 2.12 bits per heavy atom. The summed E-state index contributed by atoms with van der Waals surface area (Å²) < 4.78 is 13.1. The molecule has 0 saturated carbocycles. The van der Waals surface area contributed by atoms with Crippen molar-refractivity contribution in [3.8, 4) is 0 Å². The van der Waals surface area contributed by atoms with Crippen molar-refractivity contribution < 1.29 is 14.0 Å². The largest absolute Gasteiger partial charge is 0.285 e. The molecule has 5 heteroatoms. The zero-order valence-electron chi connectivity index (χ0n) is 8.54. The first-order valence-electron chi connectivity index (χ1n) is 4.76. The second-order valence-electron chi connectivity index (χ2n) is 3.71. The lowest BCUT2D eigenvalue weighted by Crippen LogP contribution is -2.25. The van der Waals surface area contributed by atoms with E-state index in [0.29, 0.717) is 10.6 Å². The summed E-state index contributed by atoms with van der Waals surface area (Å²) in [7, 11) is 1.41. The van der Waals surface area contributed by atoms with Crippen LogP contribution in [0.1, 0.15) is 17.9 Å². The monoisotopic (exact) mass is 241 g/mol. The standard InChI is InChI=1S/C11H9ClFNO2/c1-14-10(15)5-8(11(14)16)7-4-6(13)2-3-9(7)12/h2-4,8H,5H2,1H3. The van der Waals surface area contributed by atoms with Crippen molar-refractivity contribution in [1.29, 1.82) is 0 Å². The molecule has 1 aromatic rings. The van der Waals surface area contributed by atoms with Crippen LogP contribution in [0.3, 0.4) is 0 Å². The number of halogens is 2. The van der Waals surface area contributed by atoms with Crippen molar-refractivity contribution in [2.24, 2.45) is 0 Å². The maximum atomic E-state index is 13.1. The number of carbonyl (C=O) groups excluding carboxylic acids is 2. The Hall–Kier alpha value is -1.42. The number of amides is 2. The van der Waals surface area contributed by atoms with Crippen molar-refractivity contribution in [3.63, 3.8) is 0 Å². The Labute approximate surface area is 96.8 Å². The molecule has 1 aromatic carbocycles. The SMILES string of the molecule is CN1C(=O)CC(c2cc(F)ccc2Cl)C1=O. The predicted molar refractivity (Wildman–Crippen MR) is 56.5 cm³/mol. The van der Waals surface area contributed by atoms with Crippen LogP contribution in [-0.4, -0.2) is 23.8 Å².